The van der Waals surface area contributed by atoms with Crippen molar-refractivity contribution in [1.29, 1.82) is 5.26 Å². The van der Waals surface area contributed by atoms with E-state index in [-0.39, 0.29) is 32.2 Å². The van der Waals surface area contributed by atoms with E-state index in [0.29, 0.717) is 0 Å². The Labute approximate surface area is 102 Å². The lowest BCUT2D eigenvalue weighted by Gasteiger charge is -2.35. The molecule has 6 nitrogen and oxygen atoms in total. The van der Waals surface area contributed by atoms with Gasteiger partial charge in [0.2, 0.25) is 10.0 Å². The second-order valence-corrected chi connectivity index (χ2v) is 6.25. The fraction of sp³-hybridized carbons (Fsp3) is 0.900. The Morgan fingerprint density at radius 1 is 1.59 bits per heavy atom. The molecule has 0 amide bonds. The summed E-state index contributed by atoms with van der Waals surface area (Å²) >= 11 is 0. The molecule has 7 heteroatoms. The highest BCUT2D eigenvalue weighted by Crippen LogP contribution is 2.19. The van der Waals surface area contributed by atoms with Gasteiger partial charge in [-0.3, -0.25) is 0 Å². The molecule has 0 bridgehead atoms. The maximum absolute atomic E-state index is 12.1. The maximum atomic E-state index is 12.1. The average molecular weight is 262 g/mol. The molecule has 1 aliphatic heterocycles. The smallest absolute Gasteiger partial charge is 0.230 e. The third kappa shape index (κ3) is 3.16. The van der Waals surface area contributed by atoms with Crippen LogP contribution in [-0.4, -0.2) is 55.0 Å². The van der Waals surface area contributed by atoms with Crippen LogP contribution in [0, 0.1) is 11.3 Å². The van der Waals surface area contributed by atoms with Crippen molar-refractivity contribution in [1.82, 2.24) is 4.31 Å². The average Bonchev–Trinajstić information content (AvgIpc) is 2.29. The third-order valence-electron chi connectivity index (χ3n) is 2.73. The minimum Gasteiger partial charge on any atom is -0.394 e. The van der Waals surface area contributed by atoms with E-state index in [1.165, 1.54) is 4.31 Å². The summed E-state index contributed by atoms with van der Waals surface area (Å²) in [4.78, 5) is 0. The van der Waals surface area contributed by atoms with E-state index in [1.54, 1.807) is 19.9 Å². The number of ether oxygens (including phenoxy) is 1. The molecule has 0 saturated carbocycles. The van der Waals surface area contributed by atoms with Crippen LogP contribution in [0.5, 0.6) is 0 Å². The van der Waals surface area contributed by atoms with Gasteiger partial charge < -0.3 is 9.84 Å². The minimum atomic E-state index is -3.62. The summed E-state index contributed by atoms with van der Waals surface area (Å²) in [6, 6.07) is 1.80. The van der Waals surface area contributed by atoms with E-state index in [0.717, 1.165) is 0 Å². The summed E-state index contributed by atoms with van der Waals surface area (Å²) in [5.74, 6) is 0. The topological polar surface area (TPSA) is 90.6 Å². The maximum Gasteiger partial charge on any atom is 0.230 e. The minimum absolute atomic E-state index is 0.112. The van der Waals surface area contributed by atoms with Crippen LogP contribution in [0.4, 0.5) is 0 Å². The molecular weight excluding hydrogens is 244 g/mol. The second-order valence-electron chi connectivity index (χ2n) is 4.14. The first-order valence-corrected chi connectivity index (χ1v) is 7.10. The molecule has 1 saturated heterocycles. The van der Waals surface area contributed by atoms with Gasteiger partial charge in [-0.1, -0.05) is 6.92 Å². The van der Waals surface area contributed by atoms with Crippen molar-refractivity contribution in [2.45, 2.75) is 37.7 Å². The molecule has 1 rings (SSSR count). The number of hydrogen-bond acceptors (Lipinski definition) is 5. The molecule has 1 heterocycles. The molecule has 3 unspecified atom stereocenters. The lowest BCUT2D eigenvalue weighted by atomic mass is 10.2. The Bertz CT molecular complexity index is 390. The van der Waals surface area contributed by atoms with Crippen LogP contribution in [0.15, 0.2) is 0 Å². The normalized spacial score (nSPS) is 28.6. The summed E-state index contributed by atoms with van der Waals surface area (Å²) in [5.41, 5.74) is 0. The Kier molecular flexibility index (Phi) is 4.89. The highest BCUT2D eigenvalue weighted by molar-refractivity contribution is 7.90. The predicted octanol–water partition coefficient (Wildman–Crippen LogP) is -0.300. The van der Waals surface area contributed by atoms with Gasteiger partial charge in [0.05, 0.1) is 24.9 Å². The summed E-state index contributed by atoms with van der Waals surface area (Å²) in [6.07, 6.45) is -0.523. The number of nitriles is 1. The Morgan fingerprint density at radius 2 is 2.24 bits per heavy atom. The van der Waals surface area contributed by atoms with Crippen LogP contribution in [0.1, 0.15) is 20.3 Å². The van der Waals surface area contributed by atoms with Crippen LogP contribution in [-0.2, 0) is 14.8 Å². The van der Waals surface area contributed by atoms with Crippen molar-refractivity contribution >= 4 is 10.0 Å². The summed E-state index contributed by atoms with van der Waals surface area (Å²) in [5, 5.41) is 16.9. The number of nitrogens with zero attached hydrogens (tertiary/aromatic N) is 2. The zero-order valence-electron chi connectivity index (χ0n) is 10.0. The van der Waals surface area contributed by atoms with Gasteiger partial charge in [0.1, 0.15) is 0 Å². The van der Waals surface area contributed by atoms with E-state index in [4.69, 9.17) is 15.1 Å². The van der Waals surface area contributed by atoms with Gasteiger partial charge in [-0.15, -0.1) is 0 Å². The molecule has 17 heavy (non-hydrogen) atoms. The summed E-state index contributed by atoms with van der Waals surface area (Å²) < 4.78 is 30.9. The Hall–Kier alpha value is -0.680. The van der Waals surface area contributed by atoms with Gasteiger partial charge in [0.15, 0.2) is 5.25 Å². The number of hydrogen-bond donors (Lipinski definition) is 1. The summed E-state index contributed by atoms with van der Waals surface area (Å²) in [6.45, 7) is 3.54. The first-order valence-electron chi connectivity index (χ1n) is 5.60. The number of rotatable bonds is 4. The van der Waals surface area contributed by atoms with Gasteiger partial charge in [0.25, 0.3) is 0 Å². The number of sulfonamides is 1. The zero-order valence-corrected chi connectivity index (χ0v) is 10.9. The van der Waals surface area contributed by atoms with E-state index in [1.807, 2.05) is 0 Å². The quantitative estimate of drug-likeness (QED) is 0.751. The second kappa shape index (κ2) is 5.78. The molecule has 1 aliphatic rings. The molecule has 0 aromatic heterocycles. The van der Waals surface area contributed by atoms with Crippen molar-refractivity contribution in [2.75, 3.05) is 19.7 Å². The first-order chi connectivity index (χ1) is 7.95. The molecular formula is C10H18N2O4S. The number of aliphatic hydroxyl groups excluding tert-OH is 1. The van der Waals surface area contributed by atoms with Crippen LogP contribution in [0.3, 0.4) is 0 Å². The van der Waals surface area contributed by atoms with Crippen LogP contribution in [0.2, 0.25) is 0 Å². The standard InChI is InChI=1S/C10H18N2O4S/c1-3-10(4-11)17(14,15)12-5-8(2)16-9(6-12)7-13/h8-10,13H,3,5-7H2,1-2H3. The lowest BCUT2D eigenvalue weighted by Crippen LogP contribution is -2.52. The summed E-state index contributed by atoms with van der Waals surface area (Å²) in [7, 11) is -3.62. The highest BCUT2D eigenvalue weighted by Gasteiger charge is 2.36. The number of aliphatic hydroxyl groups is 1. The van der Waals surface area contributed by atoms with Gasteiger partial charge in [-0.2, -0.15) is 9.57 Å². The molecule has 0 aromatic rings. The first kappa shape index (κ1) is 14.4. The van der Waals surface area contributed by atoms with Gasteiger partial charge >= 0.3 is 0 Å². The van der Waals surface area contributed by atoms with Crippen molar-refractivity contribution in [3.63, 3.8) is 0 Å². The lowest BCUT2D eigenvalue weighted by molar-refractivity contribution is -0.0751. The van der Waals surface area contributed by atoms with E-state index in [9.17, 15) is 8.42 Å². The van der Waals surface area contributed by atoms with Gasteiger partial charge in [-0.25, -0.2) is 8.42 Å². The SMILES string of the molecule is CCC(C#N)S(=O)(=O)N1CC(C)OC(CO)C1. The fourth-order valence-corrected chi connectivity index (χ4v) is 3.57. The van der Waals surface area contributed by atoms with Crippen LogP contribution >= 0.6 is 0 Å². The molecule has 0 aromatic carbocycles. The predicted molar refractivity (Wildman–Crippen MR) is 61.6 cm³/mol. The van der Waals surface area contributed by atoms with Crippen molar-refractivity contribution in [3.8, 4) is 6.07 Å². The van der Waals surface area contributed by atoms with Crippen molar-refractivity contribution in [2.24, 2.45) is 0 Å². The molecule has 0 spiro atoms. The Balaban J connectivity index is 2.88. The molecule has 1 fully saturated rings. The van der Waals surface area contributed by atoms with E-state index >= 15 is 0 Å². The van der Waals surface area contributed by atoms with Crippen LogP contribution in [0.25, 0.3) is 0 Å². The van der Waals surface area contributed by atoms with E-state index < -0.39 is 21.4 Å². The fourth-order valence-electron chi connectivity index (χ4n) is 1.86. The van der Waals surface area contributed by atoms with Crippen molar-refractivity contribution in [3.05, 3.63) is 0 Å². The van der Waals surface area contributed by atoms with E-state index in [2.05, 4.69) is 0 Å². The van der Waals surface area contributed by atoms with Gasteiger partial charge in [-0.05, 0) is 13.3 Å². The molecule has 98 valence electrons. The molecule has 3 atom stereocenters. The monoisotopic (exact) mass is 262 g/mol. The molecule has 1 N–H and O–H groups in total. The largest absolute Gasteiger partial charge is 0.394 e. The van der Waals surface area contributed by atoms with Crippen molar-refractivity contribution < 1.29 is 18.3 Å². The third-order valence-corrected chi connectivity index (χ3v) is 4.91. The van der Waals surface area contributed by atoms with Crippen LogP contribution < -0.4 is 0 Å². The number of morpholine rings is 1. The zero-order chi connectivity index (χ0) is 13.1. The molecule has 0 radical (unpaired) electrons. The Morgan fingerprint density at radius 3 is 2.71 bits per heavy atom. The molecule has 0 aliphatic carbocycles. The van der Waals surface area contributed by atoms with Gasteiger partial charge in [0, 0.05) is 13.1 Å². The highest BCUT2D eigenvalue weighted by atomic mass is 32.2.